The van der Waals surface area contributed by atoms with E-state index in [0.29, 0.717) is 6.61 Å². The molecule has 0 aliphatic carbocycles. The molecule has 72 valence electrons. The molecule has 2 nitrogen and oxygen atoms in total. The number of ether oxygens (including phenoxy) is 1. The van der Waals surface area contributed by atoms with Crippen LogP contribution in [0.2, 0.25) is 0 Å². The first-order chi connectivity index (χ1) is 6.75. The van der Waals surface area contributed by atoms with Crippen LogP contribution in [0.4, 0.5) is 0 Å². The van der Waals surface area contributed by atoms with Gasteiger partial charge in [-0.15, -0.1) is 0 Å². The predicted molar refractivity (Wildman–Crippen MR) is 56.2 cm³/mol. The van der Waals surface area contributed by atoms with E-state index in [2.05, 4.69) is 0 Å². The van der Waals surface area contributed by atoms with Crippen molar-refractivity contribution >= 4 is 13.8 Å². The Bertz CT molecular complexity index is 285. The highest BCUT2D eigenvalue weighted by molar-refractivity contribution is 6.23. The summed E-state index contributed by atoms with van der Waals surface area (Å²) in [4.78, 5) is 11.4. The molecule has 1 unspecified atom stereocenters. The molecule has 0 fully saturated rings. The first-order valence-electron chi connectivity index (χ1n) is 4.73. The van der Waals surface area contributed by atoms with Crippen molar-refractivity contribution in [3.05, 3.63) is 35.9 Å². The van der Waals surface area contributed by atoms with Crippen LogP contribution in [0, 0.1) is 0 Å². The first kappa shape index (κ1) is 10.8. The molecule has 0 saturated carbocycles. The highest BCUT2D eigenvalue weighted by Crippen LogP contribution is 2.12. The van der Waals surface area contributed by atoms with Gasteiger partial charge in [-0.1, -0.05) is 37.3 Å². The maximum atomic E-state index is 11.4. The summed E-state index contributed by atoms with van der Waals surface area (Å²) in [6.07, 6.45) is 0.813. The molecule has 0 saturated heterocycles. The van der Waals surface area contributed by atoms with Gasteiger partial charge in [0.15, 0.2) is 0 Å². The molecule has 3 heteroatoms. The van der Waals surface area contributed by atoms with E-state index in [9.17, 15) is 4.79 Å². The lowest BCUT2D eigenvalue weighted by atomic mass is 9.81. The van der Waals surface area contributed by atoms with Crippen molar-refractivity contribution in [1.29, 1.82) is 0 Å². The number of carbonyl (C=O) groups is 1. The monoisotopic (exact) mass is 188 g/mol. The van der Waals surface area contributed by atoms with Crippen molar-refractivity contribution in [3.8, 4) is 0 Å². The summed E-state index contributed by atoms with van der Waals surface area (Å²) >= 11 is 0. The largest absolute Gasteiger partial charge is 0.466 e. The molecule has 0 N–H and O–H groups in total. The Hall–Kier alpha value is -1.25. The topological polar surface area (TPSA) is 26.3 Å². The smallest absolute Gasteiger partial charge is 0.304 e. The summed E-state index contributed by atoms with van der Waals surface area (Å²) in [6.45, 7) is 2.38. The Kier molecular flexibility index (Phi) is 4.24. The third-order valence-electron chi connectivity index (χ3n) is 1.86. The van der Waals surface area contributed by atoms with Crippen molar-refractivity contribution in [3.63, 3.8) is 0 Å². The minimum Gasteiger partial charge on any atom is -0.466 e. The van der Waals surface area contributed by atoms with Crippen LogP contribution in [0.25, 0.3) is 0 Å². The van der Waals surface area contributed by atoms with Crippen LogP contribution in [0.15, 0.2) is 30.3 Å². The standard InChI is InChI=1S/C11H13BO2/c1-2-8-14-11(13)10(12)9-6-4-3-5-7-9/h3-7,10H,2,8H2,1H3. The van der Waals surface area contributed by atoms with E-state index in [4.69, 9.17) is 12.6 Å². The van der Waals surface area contributed by atoms with E-state index >= 15 is 0 Å². The zero-order chi connectivity index (χ0) is 10.4. The molecule has 0 amide bonds. The van der Waals surface area contributed by atoms with Crippen LogP contribution >= 0.6 is 0 Å². The number of hydrogen-bond acceptors (Lipinski definition) is 2. The molecule has 0 aliphatic heterocycles. The number of hydrogen-bond donors (Lipinski definition) is 0. The van der Waals surface area contributed by atoms with E-state index in [1.807, 2.05) is 37.3 Å². The van der Waals surface area contributed by atoms with Gasteiger partial charge in [-0.2, -0.15) is 0 Å². The fourth-order valence-corrected chi connectivity index (χ4v) is 1.09. The SMILES string of the molecule is [B]C(C(=O)OCCC)c1ccccc1. The van der Waals surface area contributed by atoms with Gasteiger partial charge in [-0.3, -0.25) is 4.79 Å². The van der Waals surface area contributed by atoms with Crippen molar-refractivity contribution in [2.45, 2.75) is 19.2 Å². The van der Waals surface area contributed by atoms with Gasteiger partial charge >= 0.3 is 5.97 Å². The van der Waals surface area contributed by atoms with E-state index in [-0.39, 0.29) is 5.97 Å². The molecule has 0 heterocycles. The van der Waals surface area contributed by atoms with Crippen molar-refractivity contribution in [2.75, 3.05) is 6.61 Å². The summed E-state index contributed by atoms with van der Waals surface area (Å²) in [7, 11) is 5.70. The average molecular weight is 188 g/mol. The molecule has 0 aliphatic rings. The normalized spacial score (nSPS) is 12.1. The maximum absolute atomic E-state index is 11.4. The molecule has 1 aromatic carbocycles. The Morgan fingerprint density at radius 2 is 2.07 bits per heavy atom. The third-order valence-corrected chi connectivity index (χ3v) is 1.86. The molecule has 0 spiro atoms. The molecule has 0 aromatic heterocycles. The van der Waals surface area contributed by atoms with Crippen molar-refractivity contribution in [1.82, 2.24) is 0 Å². The van der Waals surface area contributed by atoms with Gasteiger partial charge in [-0.25, -0.2) is 0 Å². The second-order valence-electron chi connectivity index (χ2n) is 3.06. The molecular formula is C11H13BO2. The summed E-state index contributed by atoms with van der Waals surface area (Å²) < 4.78 is 4.94. The fourth-order valence-electron chi connectivity index (χ4n) is 1.09. The van der Waals surface area contributed by atoms with E-state index in [0.717, 1.165) is 12.0 Å². The van der Waals surface area contributed by atoms with Crippen LogP contribution in [-0.2, 0) is 9.53 Å². The van der Waals surface area contributed by atoms with Crippen molar-refractivity contribution in [2.24, 2.45) is 0 Å². The van der Waals surface area contributed by atoms with E-state index < -0.39 is 5.82 Å². The summed E-state index contributed by atoms with van der Waals surface area (Å²) in [5.74, 6) is -1.03. The van der Waals surface area contributed by atoms with E-state index in [1.165, 1.54) is 0 Å². The second-order valence-corrected chi connectivity index (χ2v) is 3.06. The zero-order valence-corrected chi connectivity index (χ0v) is 8.27. The lowest BCUT2D eigenvalue weighted by Gasteiger charge is -2.11. The van der Waals surface area contributed by atoms with Gasteiger partial charge < -0.3 is 4.74 Å². The number of benzene rings is 1. The van der Waals surface area contributed by atoms with Gasteiger partial charge in [0.05, 0.1) is 14.5 Å². The Morgan fingerprint density at radius 1 is 1.43 bits per heavy atom. The molecule has 14 heavy (non-hydrogen) atoms. The van der Waals surface area contributed by atoms with Gasteiger partial charge in [0.1, 0.15) is 0 Å². The minimum absolute atomic E-state index is 0.363. The van der Waals surface area contributed by atoms with Crippen LogP contribution in [0.1, 0.15) is 24.7 Å². The van der Waals surface area contributed by atoms with Gasteiger partial charge in [0, 0.05) is 5.82 Å². The van der Waals surface area contributed by atoms with Crippen LogP contribution in [0.5, 0.6) is 0 Å². The Balaban J connectivity index is 2.57. The molecule has 1 atom stereocenters. The van der Waals surface area contributed by atoms with Gasteiger partial charge in [0.2, 0.25) is 0 Å². The Morgan fingerprint density at radius 3 is 2.64 bits per heavy atom. The molecular weight excluding hydrogens is 175 g/mol. The molecule has 0 bridgehead atoms. The fraction of sp³-hybridized carbons (Fsp3) is 0.364. The van der Waals surface area contributed by atoms with Crippen LogP contribution in [0.3, 0.4) is 0 Å². The molecule has 1 rings (SSSR count). The van der Waals surface area contributed by atoms with E-state index in [1.54, 1.807) is 0 Å². The zero-order valence-electron chi connectivity index (χ0n) is 8.27. The highest BCUT2D eigenvalue weighted by Gasteiger charge is 2.14. The van der Waals surface area contributed by atoms with Crippen LogP contribution < -0.4 is 0 Å². The first-order valence-corrected chi connectivity index (χ1v) is 4.73. The summed E-state index contributed by atoms with van der Waals surface area (Å²) in [5, 5.41) is 0. The second kappa shape index (κ2) is 5.48. The van der Waals surface area contributed by atoms with Crippen molar-refractivity contribution < 1.29 is 9.53 Å². The Labute approximate surface area is 85.7 Å². The predicted octanol–water partition coefficient (Wildman–Crippen LogP) is 1.85. The average Bonchev–Trinajstić information content (AvgIpc) is 2.26. The number of esters is 1. The number of carbonyl (C=O) groups excluding carboxylic acids is 1. The summed E-state index contributed by atoms with van der Waals surface area (Å²) in [6, 6.07) is 9.22. The summed E-state index contributed by atoms with van der Waals surface area (Å²) in [5.41, 5.74) is 0.786. The molecule has 1 aromatic rings. The maximum Gasteiger partial charge on any atom is 0.304 e. The minimum atomic E-state index is -0.664. The lowest BCUT2D eigenvalue weighted by Crippen LogP contribution is -2.16. The quantitative estimate of drug-likeness (QED) is 0.532. The molecule has 2 radical (unpaired) electrons. The highest BCUT2D eigenvalue weighted by atomic mass is 16.5. The third kappa shape index (κ3) is 2.91. The van der Waals surface area contributed by atoms with Crippen LogP contribution in [-0.4, -0.2) is 20.4 Å². The van der Waals surface area contributed by atoms with Gasteiger partial charge in [-0.05, 0) is 12.0 Å². The number of rotatable bonds is 4. The van der Waals surface area contributed by atoms with Gasteiger partial charge in [0.25, 0.3) is 0 Å². The lowest BCUT2D eigenvalue weighted by molar-refractivity contribution is -0.143.